The molecule has 2 fully saturated rings. The Hall–Kier alpha value is -1.36. The normalized spacial score (nSPS) is 35.8. The Morgan fingerprint density at radius 3 is 2.32 bits per heavy atom. The van der Waals surface area contributed by atoms with Crippen LogP contribution >= 0.6 is 0 Å². The van der Waals surface area contributed by atoms with E-state index in [-0.39, 0.29) is 11.2 Å². The van der Waals surface area contributed by atoms with Gasteiger partial charge in [0.1, 0.15) is 5.82 Å². The monoisotopic (exact) mass is 299 g/mol. The summed E-state index contributed by atoms with van der Waals surface area (Å²) >= 11 is 0. The number of rotatable bonds is 2. The van der Waals surface area contributed by atoms with Crippen molar-refractivity contribution in [1.29, 1.82) is 5.26 Å². The van der Waals surface area contributed by atoms with Crippen LogP contribution in [0.15, 0.2) is 24.3 Å². The molecule has 22 heavy (non-hydrogen) atoms. The summed E-state index contributed by atoms with van der Waals surface area (Å²) in [5, 5.41) is 9.76. The molecular formula is C20H26FN. The van der Waals surface area contributed by atoms with E-state index in [0.717, 1.165) is 49.0 Å². The first-order valence-corrected chi connectivity index (χ1v) is 8.80. The van der Waals surface area contributed by atoms with Crippen LogP contribution in [0.4, 0.5) is 4.39 Å². The van der Waals surface area contributed by atoms with Gasteiger partial charge in [0.15, 0.2) is 0 Å². The summed E-state index contributed by atoms with van der Waals surface area (Å²) in [6.07, 6.45) is 9.70. The lowest BCUT2D eigenvalue weighted by Gasteiger charge is -2.40. The van der Waals surface area contributed by atoms with Gasteiger partial charge in [-0.2, -0.15) is 5.26 Å². The molecule has 0 aliphatic heterocycles. The molecule has 2 aliphatic carbocycles. The first-order valence-electron chi connectivity index (χ1n) is 8.80. The van der Waals surface area contributed by atoms with Gasteiger partial charge in [0.05, 0.1) is 11.5 Å². The van der Waals surface area contributed by atoms with E-state index in [1.165, 1.54) is 37.8 Å². The third kappa shape index (κ3) is 3.05. The highest BCUT2D eigenvalue weighted by atomic mass is 19.1. The van der Waals surface area contributed by atoms with E-state index >= 15 is 0 Å². The summed E-state index contributed by atoms with van der Waals surface area (Å²) in [6, 6.07) is 9.16. The summed E-state index contributed by atoms with van der Waals surface area (Å²) in [6.45, 7) is 2.38. The van der Waals surface area contributed by atoms with Crippen molar-refractivity contribution in [3.63, 3.8) is 0 Å². The van der Waals surface area contributed by atoms with Gasteiger partial charge in [-0.1, -0.05) is 38.3 Å². The van der Waals surface area contributed by atoms with E-state index in [2.05, 4.69) is 13.0 Å². The second-order valence-electron chi connectivity index (χ2n) is 7.57. The quantitative estimate of drug-likeness (QED) is 0.697. The van der Waals surface area contributed by atoms with Crippen LogP contribution in [0.25, 0.3) is 0 Å². The van der Waals surface area contributed by atoms with Gasteiger partial charge in [-0.15, -0.1) is 0 Å². The number of hydrogen-bond acceptors (Lipinski definition) is 1. The SMILES string of the molecule is C[C@H]1CCCC(C2CCC(C#N)(c3ccc(F)cc3)CC2)C1. The first kappa shape index (κ1) is 15.5. The van der Waals surface area contributed by atoms with Crippen LogP contribution in [0.1, 0.15) is 63.9 Å². The van der Waals surface area contributed by atoms with Crippen molar-refractivity contribution in [2.75, 3.05) is 0 Å². The van der Waals surface area contributed by atoms with Gasteiger partial charge >= 0.3 is 0 Å². The minimum Gasteiger partial charge on any atom is -0.207 e. The van der Waals surface area contributed by atoms with Crippen LogP contribution in [-0.2, 0) is 5.41 Å². The van der Waals surface area contributed by atoms with Crippen LogP contribution in [0, 0.1) is 34.9 Å². The summed E-state index contributed by atoms with van der Waals surface area (Å²) in [7, 11) is 0. The van der Waals surface area contributed by atoms with Gasteiger partial charge < -0.3 is 0 Å². The largest absolute Gasteiger partial charge is 0.207 e. The fraction of sp³-hybridized carbons (Fsp3) is 0.650. The molecule has 2 atom stereocenters. The van der Waals surface area contributed by atoms with Gasteiger partial charge in [-0.3, -0.25) is 0 Å². The Bertz CT molecular complexity index is 534. The molecule has 0 aromatic heterocycles. The van der Waals surface area contributed by atoms with Crippen molar-refractivity contribution < 1.29 is 4.39 Å². The predicted molar refractivity (Wildman–Crippen MR) is 86.8 cm³/mol. The summed E-state index contributed by atoms with van der Waals surface area (Å²) in [4.78, 5) is 0. The van der Waals surface area contributed by atoms with E-state index < -0.39 is 0 Å². The average molecular weight is 299 g/mol. The Kier molecular flexibility index (Phi) is 4.52. The van der Waals surface area contributed by atoms with Crippen LogP contribution in [0.5, 0.6) is 0 Å². The second-order valence-corrected chi connectivity index (χ2v) is 7.57. The summed E-state index contributed by atoms with van der Waals surface area (Å²) in [5.74, 6) is 2.32. The van der Waals surface area contributed by atoms with Crippen LogP contribution < -0.4 is 0 Å². The van der Waals surface area contributed by atoms with Crippen LogP contribution in [0.3, 0.4) is 0 Å². The number of benzene rings is 1. The van der Waals surface area contributed by atoms with E-state index in [0.29, 0.717) is 0 Å². The molecule has 0 spiro atoms. The van der Waals surface area contributed by atoms with Gasteiger partial charge in [-0.05, 0) is 67.6 Å². The van der Waals surface area contributed by atoms with E-state index in [1.54, 1.807) is 0 Å². The van der Waals surface area contributed by atoms with Crippen LogP contribution in [-0.4, -0.2) is 0 Å². The highest BCUT2D eigenvalue weighted by Crippen LogP contribution is 2.46. The molecule has 1 aromatic rings. The molecule has 2 saturated carbocycles. The van der Waals surface area contributed by atoms with Gasteiger partial charge in [0, 0.05) is 0 Å². The summed E-state index contributed by atoms with van der Waals surface area (Å²) < 4.78 is 13.1. The molecule has 1 unspecified atom stereocenters. The molecule has 2 aliphatic rings. The van der Waals surface area contributed by atoms with Crippen molar-refractivity contribution >= 4 is 0 Å². The fourth-order valence-corrected chi connectivity index (χ4v) is 4.75. The lowest BCUT2D eigenvalue weighted by Crippen LogP contribution is -2.34. The maximum atomic E-state index is 13.1. The second kappa shape index (κ2) is 6.41. The highest BCUT2D eigenvalue weighted by Gasteiger charge is 2.39. The first-order chi connectivity index (χ1) is 10.6. The molecule has 0 radical (unpaired) electrons. The van der Waals surface area contributed by atoms with Gasteiger partial charge in [0.2, 0.25) is 0 Å². The molecule has 2 heteroatoms. The number of nitriles is 1. The number of hydrogen-bond donors (Lipinski definition) is 0. The zero-order chi connectivity index (χ0) is 15.6. The van der Waals surface area contributed by atoms with E-state index in [1.807, 2.05) is 12.1 Å². The van der Waals surface area contributed by atoms with Crippen molar-refractivity contribution in [1.82, 2.24) is 0 Å². The van der Waals surface area contributed by atoms with Gasteiger partial charge in [-0.25, -0.2) is 4.39 Å². The molecule has 0 N–H and O–H groups in total. The number of halogens is 1. The van der Waals surface area contributed by atoms with Crippen molar-refractivity contribution in [2.24, 2.45) is 17.8 Å². The molecule has 0 amide bonds. The molecule has 1 nitrogen and oxygen atoms in total. The standard InChI is InChI=1S/C20H26FN/c1-15-3-2-4-17(13-15)16-9-11-20(14-22,12-10-16)18-5-7-19(21)8-6-18/h5-8,15-17H,2-4,9-13H2,1H3/t15-,16?,17?,20?/m0/s1. The molecule has 118 valence electrons. The fourth-order valence-electron chi connectivity index (χ4n) is 4.75. The third-order valence-corrected chi connectivity index (χ3v) is 6.14. The maximum Gasteiger partial charge on any atom is 0.123 e. The topological polar surface area (TPSA) is 23.8 Å². The minimum absolute atomic E-state index is 0.221. The lowest BCUT2D eigenvalue weighted by atomic mass is 9.63. The smallest absolute Gasteiger partial charge is 0.123 e. The summed E-state index contributed by atoms with van der Waals surface area (Å²) in [5.41, 5.74) is 0.622. The van der Waals surface area contributed by atoms with Crippen molar-refractivity contribution in [3.05, 3.63) is 35.6 Å². The molecule has 0 saturated heterocycles. The minimum atomic E-state index is -0.384. The maximum absolute atomic E-state index is 13.1. The molecule has 1 aromatic carbocycles. The Balaban J connectivity index is 1.69. The van der Waals surface area contributed by atoms with Crippen molar-refractivity contribution in [3.8, 4) is 6.07 Å². The van der Waals surface area contributed by atoms with Crippen molar-refractivity contribution in [2.45, 2.75) is 63.7 Å². The van der Waals surface area contributed by atoms with Crippen LogP contribution in [0.2, 0.25) is 0 Å². The predicted octanol–water partition coefficient (Wildman–Crippen LogP) is 5.60. The Morgan fingerprint density at radius 1 is 1.05 bits per heavy atom. The van der Waals surface area contributed by atoms with E-state index in [4.69, 9.17) is 0 Å². The molecule has 0 heterocycles. The average Bonchev–Trinajstić information content (AvgIpc) is 2.55. The van der Waals surface area contributed by atoms with Gasteiger partial charge in [0.25, 0.3) is 0 Å². The van der Waals surface area contributed by atoms with E-state index in [9.17, 15) is 9.65 Å². The lowest BCUT2D eigenvalue weighted by molar-refractivity contribution is 0.146. The third-order valence-electron chi connectivity index (χ3n) is 6.14. The zero-order valence-corrected chi connectivity index (χ0v) is 13.5. The zero-order valence-electron chi connectivity index (χ0n) is 13.5. The Morgan fingerprint density at radius 2 is 1.73 bits per heavy atom. The molecule has 0 bridgehead atoms. The highest BCUT2D eigenvalue weighted by molar-refractivity contribution is 5.33. The Labute approximate surface area is 133 Å². The number of nitrogens with zero attached hydrogens (tertiary/aromatic N) is 1. The molecule has 3 rings (SSSR count). The molecular weight excluding hydrogens is 273 g/mol.